The van der Waals surface area contributed by atoms with Gasteiger partial charge in [0.2, 0.25) is 0 Å². The summed E-state index contributed by atoms with van der Waals surface area (Å²) in [6.45, 7) is 2.56. The molecular formula is C34H29Cl2F3N2. The lowest BCUT2D eigenvalue weighted by molar-refractivity contribution is -0.138. The summed E-state index contributed by atoms with van der Waals surface area (Å²) in [5.41, 5.74) is 4.68. The van der Waals surface area contributed by atoms with E-state index in [-0.39, 0.29) is 12.1 Å². The molecule has 1 saturated heterocycles. The zero-order chi connectivity index (χ0) is 28.6. The van der Waals surface area contributed by atoms with Crippen molar-refractivity contribution in [1.82, 2.24) is 9.47 Å². The van der Waals surface area contributed by atoms with Gasteiger partial charge in [0.05, 0.1) is 11.3 Å². The molecule has 0 amide bonds. The van der Waals surface area contributed by atoms with Gasteiger partial charge in [0.15, 0.2) is 0 Å². The molecular weight excluding hydrogens is 564 g/mol. The van der Waals surface area contributed by atoms with Gasteiger partial charge in [-0.2, -0.15) is 13.2 Å². The Labute approximate surface area is 247 Å². The van der Waals surface area contributed by atoms with Gasteiger partial charge in [-0.3, -0.25) is 4.90 Å². The summed E-state index contributed by atoms with van der Waals surface area (Å²) in [7, 11) is 0. The van der Waals surface area contributed by atoms with Gasteiger partial charge >= 0.3 is 6.18 Å². The smallest absolute Gasteiger partial charge is 0.336 e. The van der Waals surface area contributed by atoms with E-state index in [0.717, 1.165) is 59.2 Å². The second-order valence-corrected chi connectivity index (χ2v) is 11.5. The van der Waals surface area contributed by atoms with Crippen LogP contribution in [0.15, 0.2) is 97.1 Å². The molecule has 1 aromatic heterocycles. The summed E-state index contributed by atoms with van der Waals surface area (Å²) in [6.07, 6.45) is -2.56. The third-order valence-corrected chi connectivity index (χ3v) is 8.81. The number of piperidine rings is 1. The molecule has 41 heavy (non-hydrogen) atoms. The molecule has 0 spiro atoms. The van der Waals surface area contributed by atoms with Crippen molar-refractivity contribution in [2.45, 2.75) is 38.0 Å². The summed E-state index contributed by atoms with van der Waals surface area (Å²) >= 11 is 13.0. The fraction of sp³-hybridized carbons (Fsp3) is 0.235. The minimum atomic E-state index is -4.43. The van der Waals surface area contributed by atoms with Crippen LogP contribution in [0.1, 0.15) is 41.0 Å². The van der Waals surface area contributed by atoms with Gasteiger partial charge in [-0.15, -0.1) is 0 Å². The largest absolute Gasteiger partial charge is 0.416 e. The normalized spacial score (nSPS) is 15.0. The molecule has 210 valence electrons. The van der Waals surface area contributed by atoms with Crippen LogP contribution >= 0.6 is 23.2 Å². The van der Waals surface area contributed by atoms with Crippen LogP contribution in [0.5, 0.6) is 0 Å². The Morgan fingerprint density at radius 3 is 2.05 bits per heavy atom. The Kier molecular flexibility index (Phi) is 7.86. The van der Waals surface area contributed by atoms with E-state index in [4.69, 9.17) is 23.2 Å². The van der Waals surface area contributed by atoms with Crippen LogP contribution in [0.2, 0.25) is 10.0 Å². The number of benzene rings is 4. The molecule has 2 nitrogen and oxygen atoms in total. The number of likely N-dealkylation sites (tertiary alicyclic amines) is 1. The van der Waals surface area contributed by atoms with Gasteiger partial charge in [0, 0.05) is 34.0 Å². The van der Waals surface area contributed by atoms with Gasteiger partial charge in [-0.25, -0.2) is 0 Å². The van der Waals surface area contributed by atoms with E-state index in [9.17, 15) is 13.2 Å². The highest BCUT2D eigenvalue weighted by atomic mass is 35.5. The highest BCUT2D eigenvalue weighted by Gasteiger charge is 2.33. The average Bonchev–Trinajstić information content (AvgIpc) is 3.27. The van der Waals surface area contributed by atoms with Crippen molar-refractivity contribution in [3.63, 3.8) is 0 Å². The molecule has 0 radical (unpaired) electrons. The minimum Gasteiger partial charge on any atom is -0.336 e. The first-order valence-electron chi connectivity index (χ1n) is 13.8. The van der Waals surface area contributed by atoms with Crippen molar-refractivity contribution >= 4 is 34.1 Å². The first-order chi connectivity index (χ1) is 19.8. The topological polar surface area (TPSA) is 8.17 Å². The molecule has 1 aliphatic heterocycles. The third-order valence-electron chi connectivity index (χ3n) is 8.15. The molecule has 1 fully saturated rings. The van der Waals surface area contributed by atoms with Gasteiger partial charge in [0.25, 0.3) is 0 Å². The fourth-order valence-corrected chi connectivity index (χ4v) is 6.94. The SMILES string of the molecule is FC(F)(F)c1ccccc1Cn1c(-c2ccccc2)c(CN2CCC(c3c(Cl)cccc3Cl)CC2)c2ccccc21. The Hall–Kier alpha value is -3.25. The van der Waals surface area contributed by atoms with Crippen LogP contribution in [0.4, 0.5) is 13.2 Å². The second kappa shape index (κ2) is 11.6. The minimum absolute atomic E-state index is 0.119. The number of para-hydroxylation sites is 1. The summed E-state index contributed by atoms with van der Waals surface area (Å²) in [5, 5.41) is 2.49. The predicted octanol–water partition coefficient (Wildman–Crippen LogP) is 10.1. The molecule has 0 saturated carbocycles. The van der Waals surface area contributed by atoms with E-state index >= 15 is 0 Å². The molecule has 6 rings (SSSR count). The van der Waals surface area contributed by atoms with Crippen molar-refractivity contribution in [2.24, 2.45) is 0 Å². The van der Waals surface area contributed by atoms with Crippen LogP contribution in [0.3, 0.4) is 0 Å². The quantitative estimate of drug-likeness (QED) is 0.190. The summed E-state index contributed by atoms with van der Waals surface area (Å²) < 4.78 is 44.0. The van der Waals surface area contributed by atoms with Crippen LogP contribution in [-0.4, -0.2) is 22.6 Å². The van der Waals surface area contributed by atoms with E-state index < -0.39 is 11.7 Å². The number of aromatic nitrogens is 1. The lowest BCUT2D eigenvalue weighted by Gasteiger charge is -2.33. The Balaban J connectivity index is 1.39. The van der Waals surface area contributed by atoms with Crippen molar-refractivity contribution in [3.8, 4) is 11.3 Å². The third kappa shape index (κ3) is 5.63. The van der Waals surface area contributed by atoms with Crippen LogP contribution in [0.25, 0.3) is 22.2 Å². The van der Waals surface area contributed by atoms with Gasteiger partial charge in [0.1, 0.15) is 0 Å². The van der Waals surface area contributed by atoms with Gasteiger partial charge in [-0.05, 0) is 78.4 Å². The van der Waals surface area contributed by atoms with Crippen molar-refractivity contribution in [1.29, 1.82) is 0 Å². The number of alkyl halides is 3. The highest BCUT2D eigenvalue weighted by Crippen LogP contribution is 2.40. The van der Waals surface area contributed by atoms with Crippen LogP contribution < -0.4 is 0 Å². The lowest BCUT2D eigenvalue weighted by atomic mass is 9.89. The van der Waals surface area contributed by atoms with Crippen LogP contribution in [-0.2, 0) is 19.3 Å². The first kappa shape index (κ1) is 27.9. The molecule has 1 aliphatic rings. The number of nitrogens with zero attached hydrogens (tertiary/aromatic N) is 2. The lowest BCUT2D eigenvalue weighted by Crippen LogP contribution is -2.32. The molecule has 7 heteroatoms. The van der Waals surface area contributed by atoms with E-state index in [1.54, 1.807) is 12.1 Å². The fourth-order valence-electron chi connectivity index (χ4n) is 6.23. The molecule has 0 N–H and O–H groups in total. The Morgan fingerprint density at radius 2 is 1.34 bits per heavy atom. The van der Waals surface area contributed by atoms with Gasteiger partial charge in [-0.1, -0.05) is 96.0 Å². The monoisotopic (exact) mass is 592 g/mol. The standard InChI is InChI=1S/C34H29Cl2F3N2/c35-29-14-8-15-30(36)32(29)23-17-19-40(20-18-23)22-27-26-12-5-7-16-31(26)41(33(27)24-9-2-1-3-10-24)21-25-11-4-6-13-28(25)34(37,38)39/h1-16,23H,17-22H2. The molecule has 0 atom stereocenters. The zero-order valence-electron chi connectivity index (χ0n) is 22.3. The summed E-state index contributed by atoms with van der Waals surface area (Å²) in [4.78, 5) is 2.43. The summed E-state index contributed by atoms with van der Waals surface area (Å²) in [5.74, 6) is 0.293. The molecule has 4 aromatic carbocycles. The molecule has 0 aliphatic carbocycles. The number of halogens is 5. The second-order valence-electron chi connectivity index (χ2n) is 10.6. The Bertz CT molecular complexity index is 1650. The first-order valence-corrected chi connectivity index (χ1v) is 14.5. The van der Waals surface area contributed by atoms with Crippen LogP contribution in [0, 0.1) is 0 Å². The zero-order valence-corrected chi connectivity index (χ0v) is 23.9. The predicted molar refractivity (Wildman–Crippen MR) is 162 cm³/mol. The highest BCUT2D eigenvalue weighted by molar-refractivity contribution is 6.36. The van der Waals surface area contributed by atoms with Crippen molar-refractivity contribution in [2.75, 3.05) is 13.1 Å². The van der Waals surface area contributed by atoms with E-state index in [1.165, 1.54) is 12.1 Å². The molecule has 0 unspecified atom stereocenters. The maximum absolute atomic E-state index is 14.0. The number of rotatable bonds is 6. The summed E-state index contributed by atoms with van der Waals surface area (Å²) in [6, 6.07) is 29.6. The van der Waals surface area contributed by atoms with Gasteiger partial charge < -0.3 is 4.57 Å². The number of hydrogen-bond acceptors (Lipinski definition) is 1. The van der Waals surface area contributed by atoms with Crippen molar-refractivity contribution < 1.29 is 13.2 Å². The molecule has 0 bridgehead atoms. The maximum atomic E-state index is 14.0. The number of hydrogen-bond donors (Lipinski definition) is 0. The molecule has 2 heterocycles. The Morgan fingerprint density at radius 1 is 0.707 bits per heavy atom. The van der Waals surface area contributed by atoms with E-state index in [0.29, 0.717) is 22.5 Å². The van der Waals surface area contributed by atoms with Crippen molar-refractivity contribution in [3.05, 3.63) is 129 Å². The van der Waals surface area contributed by atoms with E-state index in [2.05, 4.69) is 15.5 Å². The van der Waals surface area contributed by atoms with E-state index in [1.807, 2.05) is 66.7 Å². The average molecular weight is 594 g/mol. The molecule has 5 aromatic rings. The number of fused-ring (bicyclic) bond motifs is 1. The maximum Gasteiger partial charge on any atom is 0.416 e.